The Morgan fingerprint density at radius 1 is 1.12 bits per heavy atom. The summed E-state index contributed by atoms with van der Waals surface area (Å²) >= 11 is 0. The molecule has 8 nitrogen and oxygen atoms in total. The van der Waals surface area contributed by atoms with Crippen LogP contribution in [0.3, 0.4) is 0 Å². The Bertz CT molecular complexity index is 875. The zero-order chi connectivity index (χ0) is 17.6. The number of rotatable bonds is 6. The van der Waals surface area contributed by atoms with Gasteiger partial charge in [-0.05, 0) is 30.3 Å². The van der Waals surface area contributed by atoms with Gasteiger partial charge in [0, 0.05) is 24.0 Å². The summed E-state index contributed by atoms with van der Waals surface area (Å²) in [5.41, 5.74) is 0.626. The molecular formula is C17H14N4O4. The number of anilines is 1. The van der Waals surface area contributed by atoms with Crippen molar-refractivity contribution >= 4 is 17.3 Å². The molecular weight excluding hydrogens is 324 g/mol. The van der Waals surface area contributed by atoms with E-state index in [9.17, 15) is 14.9 Å². The number of hydrogen-bond acceptors (Lipinski definition) is 5. The Morgan fingerprint density at radius 3 is 2.52 bits per heavy atom. The van der Waals surface area contributed by atoms with Crippen LogP contribution in [0, 0.1) is 10.1 Å². The first kappa shape index (κ1) is 16.2. The molecule has 0 aliphatic heterocycles. The molecule has 1 heterocycles. The summed E-state index contributed by atoms with van der Waals surface area (Å²) < 4.78 is 7.04. The fraction of sp³-hybridized carbons (Fsp3) is 0.0588. The molecule has 0 fully saturated rings. The van der Waals surface area contributed by atoms with Gasteiger partial charge in [0.05, 0.1) is 4.92 Å². The third-order valence-corrected chi connectivity index (χ3v) is 3.32. The lowest BCUT2D eigenvalue weighted by atomic mass is 10.3. The first-order chi connectivity index (χ1) is 12.1. The van der Waals surface area contributed by atoms with E-state index in [1.54, 1.807) is 12.3 Å². The number of nitro groups is 1. The van der Waals surface area contributed by atoms with Crippen LogP contribution in [0.4, 0.5) is 11.4 Å². The first-order valence-electron chi connectivity index (χ1n) is 7.39. The molecule has 0 aliphatic carbocycles. The smallest absolute Gasteiger partial charge is 0.276 e. The Morgan fingerprint density at radius 2 is 1.84 bits per heavy atom. The van der Waals surface area contributed by atoms with Crippen molar-refractivity contribution in [1.29, 1.82) is 0 Å². The van der Waals surface area contributed by atoms with Crippen LogP contribution in [0.2, 0.25) is 0 Å². The van der Waals surface area contributed by atoms with Gasteiger partial charge in [0.15, 0.2) is 12.4 Å². The second-order valence-corrected chi connectivity index (χ2v) is 5.09. The fourth-order valence-corrected chi connectivity index (χ4v) is 2.07. The van der Waals surface area contributed by atoms with Crippen LogP contribution in [0.25, 0.3) is 0 Å². The molecule has 1 aromatic heterocycles. The molecule has 1 N–H and O–H groups in total. The van der Waals surface area contributed by atoms with Gasteiger partial charge >= 0.3 is 0 Å². The molecule has 0 atom stereocenters. The molecule has 0 unspecified atom stereocenters. The number of para-hydroxylation sites is 1. The summed E-state index contributed by atoms with van der Waals surface area (Å²) in [4.78, 5) is 22.3. The number of amides is 1. The Hall–Kier alpha value is -3.68. The molecule has 2 aromatic carbocycles. The predicted octanol–water partition coefficient (Wildman–Crippen LogP) is 3.08. The first-order valence-corrected chi connectivity index (χ1v) is 7.39. The second kappa shape index (κ2) is 7.26. The summed E-state index contributed by atoms with van der Waals surface area (Å²) in [5.74, 6) is 0.294. The summed E-state index contributed by atoms with van der Waals surface area (Å²) in [6.45, 7) is 0.175. The van der Waals surface area contributed by atoms with Crippen molar-refractivity contribution in [3.63, 3.8) is 0 Å². The van der Waals surface area contributed by atoms with Crippen molar-refractivity contribution in [1.82, 2.24) is 9.78 Å². The quantitative estimate of drug-likeness (QED) is 0.550. The van der Waals surface area contributed by atoms with Crippen LogP contribution < -0.4 is 10.1 Å². The molecule has 0 spiro atoms. The van der Waals surface area contributed by atoms with Gasteiger partial charge in [-0.2, -0.15) is 5.10 Å². The SMILES string of the molecule is O=C(Nc1ccc([N+](=O)[O-])cc1)c1ccn(COc2ccccc2)n1. The Balaban J connectivity index is 1.59. The third kappa shape index (κ3) is 4.20. The van der Waals surface area contributed by atoms with E-state index in [4.69, 9.17) is 4.74 Å². The number of carbonyl (C=O) groups is 1. The number of benzene rings is 2. The highest BCUT2D eigenvalue weighted by molar-refractivity contribution is 6.02. The zero-order valence-electron chi connectivity index (χ0n) is 13.0. The lowest BCUT2D eigenvalue weighted by molar-refractivity contribution is -0.384. The minimum atomic E-state index is -0.500. The van der Waals surface area contributed by atoms with Gasteiger partial charge in [0.2, 0.25) is 0 Å². The number of hydrogen-bond donors (Lipinski definition) is 1. The molecule has 3 aromatic rings. The maximum Gasteiger partial charge on any atom is 0.276 e. The molecule has 0 saturated heterocycles. The van der Waals surface area contributed by atoms with Crippen LogP contribution in [0.5, 0.6) is 5.75 Å². The highest BCUT2D eigenvalue weighted by Crippen LogP contribution is 2.16. The molecule has 1 amide bonds. The highest BCUT2D eigenvalue weighted by Gasteiger charge is 2.11. The van der Waals surface area contributed by atoms with Gasteiger partial charge in [0.25, 0.3) is 11.6 Å². The van der Waals surface area contributed by atoms with Crippen molar-refractivity contribution in [2.24, 2.45) is 0 Å². The molecule has 0 bridgehead atoms. The number of nitrogens with zero attached hydrogens (tertiary/aromatic N) is 3. The lowest BCUT2D eigenvalue weighted by Gasteiger charge is -2.05. The van der Waals surface area contributed by atoms with Crippen molar-refractivity contribution in [2.45, 2.75) is 6.73 Å². The van der Waals surface area contributed by atoms with Gasteiger partial charge < -0.3 is 10.1 Å². The number of nitro benzene ring substituents is 1. The largest absolute Gasteiger partial charge is 0.471 e. The van der Waals surface area contributed by atoms with Gasteiger partial charge in [0.1, 0.15) is 5.75 Å². The maximum atomic E-state index is 12.2. The van der Waals surface area contributed by atoms with E-state index in [0.29, 0.717) is 11.4 Å². The van der Waals surface area contributed by atoms with Crippen LogP contribution in [0.1, 0.15) is 10.5 Å². The standard InChI is InChI=1S/C17H14N4O4/c22-17(18-13-6-8-14(9-7-13)21(23)24)16-10-11-20(19-16)12-25-15-4-2-1-3-5-15/h1-11H,12H2,(H,18,22). The van der Waals surface area contributed by atoms with E-state index in [-0.39, 0.29) is 18.1 Å². The Labute approximate surface area is 142 Å². The number of ether oxygens (including phenoxy) is 1. The van der Waals surface area contributed by atoms with Gasteiger partial charge in [-0.15, -0.1) is 0 Å². The Kier molecular flexibility index (Phi) is 4.70. The molecule has 0 aliphatic rings. The average Bonchev–Trinajstić information content (AvgIpc) is 3.10. The topological polar surface area (TPSA) is 99.3 Å². The zero-order valence-corrected chi connectivity index (χ0v) is 13.0. The van der Waals surface area contributed by atoms with Gasteiger partial charge in [-0.3, -0.25) is 14.9 Å². The molecule has 25 heavy (non-hydrogen) atoms. The van der Waals surface area contributed by atoms with Crippen molar-refractivity contribution in [3.05, 3.63) is 82.7 Å². The van der Waals surface area contributed by atoms with Crippen LogP contribution in [-0.2, 0) is 6.73 Å². The lowest BCUT2D eigenvalue weighted by Crippen LogP contribution is -2.14. The number of nitrogens with one attached hydrogen (secondary N) is 1. The molecule has 8 heteroatoms. The second-order valence-electron chi connectivity index (χ2n) is 5.09. The molecule has 0 saturated carbocycles. The predicted molar refractivity (Wildman–Crippen MR) is 90.3 cm³/mol. The van der Waals surface area contributed by atoms with Crippen LogP contribution >= 0.6 is 0 Å². The monoisotopic (exact) mass is 338 g/mol. The van der Waals surface area contributed by atoms with E-state index in [0.717, 1.165) is 0 Å². The molecule has 126 valence electrons. The van der Waals surface area contributed by atoms with Crippen molar-refractivity contribution in [2.75, 3.05) is 5.32 Å². The van der Waals surface area contributed by atoms with Crippen LogP contribution in [-0.4, -0.2) is 20.6 Å². The summed E-state index contributed by atoms with van der Waals surface area (Å²) in [6.07, 6.45) is 1.63. The number of non-ortho nitro benzene ring substituents is 1. The third-order valence-electron chi connectivity index (χ3n) is 3.32. The maximum absolute atomic E-state index is 12.2. The summed E-state index contributed by atoms with van der Waals surface area (Å²) in [6, 6.07) is 16.4. The minimum Gasteiger partial charge on any atom is -0.471 e. The van der Waals surface area contributed by atoms with Crippen molar-refractivity contribution in [3.8, 4) is 5.75 Å². The molecule has 3 rings (SSSR count). The van der Waals surface area contributed by atoms with Gasteiger partial charge in [-0.25, -0.2) is 4.68 Å². The van der Waals surface area contributed by atoms with Gasteiger partial charge in [-0.1, -0.05) is 18.2 Å². The minimum absolute atomic E-state index is 0.0414. The average molecular weight is 338 g/mol. The van der Waals surface area contributed by atoms with E-state index in [1.165, 1.54) is 28.9 Å². The number of carbonyl (C=O) groups excluding carboxylic acids is 1. The summed E-state index contributed by atoms with van der Waals surface area (Å²) in [7, 11) is 0. The highest BCUT2D eigenvalue weighted by atomic mass is 16.6. The summed E-state index contributed by atoms with van der Waals surface area (Å²) in [5, 5.41) is 17.4. The van der Waals surface area contributed by atoms with Crippen LogP contribution in [0.15, 0.2) is 66.9 Å². The van der Waals surface area contributed by atoms with E-state index in [1.807, 2.05) is 30.3 Å². The fourth-order valence-electron chi connectivity index (χ4n) is 2.07. The normalized spacial score (nSPS) is 10.2. The number of aromatic nitrogens is 2. The van der Waals surface area contributed by atoms with E-state index < -0.39 is 10.8 Å². The van der Waals surface area contributed by atoms with E-state index in [2.05, 4.69) is 10.4 Å². The van der Waals surface area contributed by atoms with E-state index >= 15 is 0 Å². The van der Waals surface area contributed by atoms with Crippen molar-refractivity contribution < 1.29 is 14.5 Å². The molecule has 0 radical (unpaired) electrons.